The molecule has 114 valence electrons. The van der Waals surface area contributed by atoms with Crippen LogP contribution in [0.3, 0.4) is 0 Å². The molecule has 1 unspecified atom stereocenters. The standard InChI is InChI=1S/C14H17FN2O4/c15-13-5-4-11(17(20)21)9-12(13)14(19)16-7-2-1-3-10(16)6-8-18/h4-5,9-10,18H,1-3,6-8H2. The molecule has 0 saturated carbocycles. The second-order valence-electron chi connectivity index (χ2n) is 5.08. The van der Waals surface area contributed by atoms with Crippen LogP contribution in [0.15, 0.2) is 18.2 Å². The van der Waals surface area contributed by atoms with E-state index in [1.54, 1.807) is 0 Å². The number of non-ortho nitro benzene ring substituents is 1. The quantitative estimate of drug-likeness (QED) is 0.681. The lowest BCUT2D eigenvalue weighted by Crippen LogP contribution is -2.44. The Morgan fingerprint density at radius 2 is 2.24 bits per heavy atom. The Kier molecular flexibility index (Phi) is 4.85. The lowest BCUT2D eigenvalue weighted by Gasteiger charge is -2.35. The first-order chi connectivity index (χ1) is 10.0. The van der Waals surface area contributed by atoms with Crippen molar-refractivity contribution in [2.24, 2.45) is 0 Å². The molecule has 0 radical (unpaired) electrons. The highest BCUT2D eigenvalue weighted by Crippen LogP contribution is 2.24. The number of likely N-dealkylation sites (tertiary alicyclic amines) is 1. The molecule has 2 rings (SSSR count). The molecular weight excluding hydrogens is 279 g/mol. The van der Waals surface area contributed by atoms with E-state index in [1.165, 1.54) is 4.90 Å². The maximum absolute atomic E-state index is 13.8. The summed E-state index contributed by atoms with van der Waals surface area (Å²) in [6, 6.07) is 2.81. The predicted molar refractivity (Wildman–Crippen MR) is 73.4 cm³/mol. The van der Waals surface area contributed by atoms with Crippen molar-refractivity contribution in [3.05, 3.63) is 39.7 Å². The predicted octanol–water partition coefficient (Wildman–Crippen LogP) is 2.11. The van der Waals surface area contributed by atoms with E-state index in [1.807, 2.05) is 0 Å². The monoisotopic (exact) mass is 296 g/mol. The van der Waals surface area contributed by atoms with Gasteiger partial charge in [-0.05, 0) is 31.7 Å². The van der Waals surface area contributed by atoms with Crippen LogP contribution in [0.2, 0.25) is 0 Å². The Morgan fingerprint density at radius 3 is 2.90 bits per heavy atom. The molecule has 0 bridgehead atoms. The number of carbonyl (C=O) groups excluding carboxylic acids is 1. The summed E-state index contributed by atoms with van der Waals surface area (Å²) in [5.74, 6) is -1.31. The number of aliphatic hydroxyl groups is 1. The molecule has 6 nitrogen and oxygen atoms in total. The zero-order valence-electron chi connectivity index (χ0n) is 11.5. The van der Waals surface area contributed by atoms with E-state index in [0.29, 0.717) is 13.0 Å². The molecule has 0 aliphatic carbocycles. The minimum absolute atomic E-state index is 0.0497. The summed E-state index contributed by atoms with van der Waals surface area (Å²) in [6.45, 7) is 0.428. The number of hydrogen-bond donors (Lipinski definition) is 1. The molecule has 1 heterocycles. The molecule has 1 aromatic carbocycles. The molecule has 1 fully saturated rings. The van der Waals surface area contributed by atoms with Crippen LogP contribution in [0.4, 0.5) is 10.1 Å². The Bertz CT molecular complexity index is 548. The van der Waals surface area contributed by atoms with Gasteiger partial charge in [0.2, 0.25) is 0 Å². The molecule has 1 saturated heterocycles. The Balaban J connectivity index is 2.29. The fraction of sp³-hybridized carbons (Fsp3) is 0.500. The normalized spacial score (nSPS) is 18.6. The van der Waals surface area contributed by atoms with Crippen molar-refractivity contribution in [2.45, 2.75) is 31.7 Å². The number of nitro benzene ring substituents is 1. The molecule has 1 N–H and O–H groups in total. The lowest BCUT2D eigenvalue weighted by atomic mass is 9.98. The third-order valence-electron chi connectivity index (χ3n) is 3.74. The van der Waals surface area contributed by atoms with Crippen LogP contribution >= 0.6 is 0 Å². The second-order valence-corrected chi connectivity index (χ2v) is 5.08. The van der Waals surface area contributed by atoms with Gasteiger partial charge in [-0.1, -0.05) is 0 Å². The van der Waals surface area contributed by atoms with Gasteiger partial charge in [0, 0.05) is 31.3 Å². The molecule has 1 aliphatic rings. The number of benzene rings is 1. The Morgan fingerprint density at radius 1 is 1.48 bits per heavy atom. The van der Waals surface area contributed by atoms with Gasteiger partial charge < -0.3 is 10.0 Å². The van der Waals surface area contributed by atoms with Gasteiger partial charge in [0.15, 0.2) is 0 Å². The number of rotatable bonds is 4. The van der Waals surface area contributed by atoms with Crippen LogP contribution in [0, 0.1) is 15.9 Å². The summed E-state index contributed by atoms with van der Waals surface area (Å²) >= 11 is 0. The van der Waals surface area contributed by atoms with Crippen LogP contribution in [0.5, 0.6) is 0 Å². The largest absolute Gasteiger partial charge is 0.396 e. The van der Waals surface area contributed by atoms with Gasteiger partial charge in [0.1, 0.15) is 5.82 Å². The molecule has 21 heavy (non-hydrogen) atoms. The van der Waals surface area contributed by atoms with Crippen molar-refractivity contribution < 1.29 is 19.2 Å². The third kappa shape index (κ3) is 3.36. The van der Waals surface area contributed by atoms with Crippen LogP contribution < -0.4 is 0 Å². The number of nitrogens with zero attached hydrogens (tertiary/aromatic N) is 2. The van der Waals surface area contributed by atoms with Crippen molar-refractivity contribution in [3.8, 4) is 0 Å². The topological polar surface area (TPSA) is 83.7 Å². The number of halogens is 1. The summed E-state index contributed by atoms with van der Waals surface area (Å²) in [5.41, 5.74) is -0.593. The molecular formula is C14H17FN2O4. The number of piperidine rings is 1. The summed E-state index contributed by atoms with van der Waals surface area (Å²) in [5, 5.41) is 19.8. The smallest absolute Gasteiger partial charge is 0.270 e. The van der Waals surface area contributed by atoms with Gasteiger partial charge in [0.05, 0.1) is 10.5 Å². The van der Waals surface area contributed by atoms with Gasteiger partial charge in [-0.3, -0.25) is 14.9 Å². The zero-order chi connectivity index (χ0) is 15.4. The van der Waals surface area contributed by atoms with Crippen molar-refractivity contribution in [3.63, 3.8) is 0 Å². The van der Waals surface area contributed by atoms with Crippen molar-refractivity contribution >= 4 is 11.6 Å². The van der Waals surface area contributed by atoms with E-state index < -0.39 is 16.6 Å². The van der Waals surface area contributed by atoms with Gasteiger partial charge in [0.25, 0.3) is 11.6 Å². The average molecular weight is 296 g/mol. The van der Waals surface area contributed by atoms with E-state index in [0.717, 1.165) is 37.5 Å². The highest BCUT2D eigenvalue weighted by atomic mass is 19.1. The maximum Gasteiger partial charge on any atom is 0.270 e. The number of carbonyl (C=O) groups is 1. The summed E-state index contributed by atoms with van der Waals surface area (Å²) in [6.07, 6.45) is 2.95. The fourth-order valence-electron chi connectivity index (χ4n) is 2.66. The van der Waals surface area contributed by atoms with Crippen LogP contribution in [-0.2, 0) is 0 Å². The molecule has 1 aromatic rings. The number of aliphatic hydroxyl groups excluding tert-OH is 1. The SMILES string of the molecule is O=C(c1cc([N+](=O)[O-])ccc1F)N1CCCCC1CCO. The van der Waals surface area contributed by atoms with Crippen LogP contribution in [0.1, 0.15) is 36.0 Å². The van der Waals surface area contributed by atoms with E-state index in [2.05, 4.69) is 0 Å². The van der Waals surface area contributed by atoms with E-state index in [9.17, 15) is 19.3 Å². The van der Waals surface area contributed by atoms with Crippen molar-refractivity contribution in [1.29, 1.82) is 0 Å². The average Bonchev–Trinajstić information content (AvgIpc) is 2.47. The second kappa shape index (κ2) is 6.62. The summed E-state index contributed by atoms with van der Waals surface area (Å²) < 4.78 is 13.8. The first kappa shape index (κ1) is 15.4. The van der Waals surface area contributed by atoms with Gasteiger partial charge in [-0.15, -0.1) is 0 Å². The lowest BCUT2D eigenvalue weighted by molar-refractivity contribution is -0.384. The van der Waals surface area contributed by atoms with Gasteiger partial charge in [-0.2, -0.15) is 0 Å². The summed E-state index contributed by atoms with van der Waals surface area (Å²) in [4.78, 5) is 24.1. The first-order valence-corrected chi connectivity index (χ1v) is 6.90. The summed E-state index contributed by atoms with van der Waals surface area (Å²) in [7, 11) is 0. The van der Waals surface area contributed by atoms with Crippen LogP contribution in [0.25, 0.3) is 0 Å². The number of amides is 1. The van der Waals surface area contributed by atoms with E-state index in [-0.39, 0.29) is 23.9 Å². The highest BCUT2D eigenvalue weighted by Gasteiger charge is 2.29. The minimum atomic E-state index is -0.765. The Hall–Kier alpha value is -2.02. The fourth-order valence-corrected chi connectivity index (χ4v) is 2.66. The number of nitro groups is 1. The molecule has 0 spiro atoms. The molecule has 1 atom stereocenters. The highest BCUT2D eigenvalue weighted by molar-refractivity contribution is 5.95. The van der Waals surface area contributed by atoms with Crippen molar-refractivity contribution in [2.75, 3.05) is 13.2 Å². The number of hydrogen-bond acceptors (Lipinski definition) is 4. The Labute approximate surface area is 121 Å². The molecule has 7 heteroatoms. The van der Waals surface area contributed by atoms with Crippen molar-refractivity contribution in [1.82, 2.24) is 4.90 Å². The molecule has 0 aromatic heterocycles. The zero-order valence-corrected chi connectivity index (χ0v) is 11.5. The minimum Gasteiger partial charge on any atom is -0.396 e. The van der Waals surface area contributed by atoms with Gasteiger partial charge >= 0.3 is 0 Å². The van der Waals surface area contributed by atoms with Gasteiger partial charge in [-0.25, -0.2) is 4.39 Å². The molecule has 1 aliphatic heterocycles. The third-order valence-corrected chi connectivity index (χ3v) is 3.74. The molecule has 1 amide bonds. The van der Waals surface area contributed by atoms with E-state index in [4.69, 9.17) is 5.11 Å². The first-order valence-electron chi connectivity index (χ1n) is 6.90. The maximum atomic E-state index is 13.8. The van der Waals surface area contributed by atoms with E-state index >= 15 is 0 Å². The van der Waals surface area contributed by atoms with Crippen LogP contribution in [-0.4, -0.2) is 40.0 Å².